The lowest BCUT2D eigenvalue weighted by Gasteiger charge is -2.21. The number of hydrogen-bond acceptors (Lipinski definition) is 9. The number of halogens is 1. The highest BCUT2D eigenvalue weighted by molar-refractivity contribution is 6.35. The number of ether oxygens (including phenoxy) is 2. The van der Waals surface area contributed by atoms with E-state index in [0.717, 1.165) is 11.1 Å². The van der Waals surface area contributed by atoms with Gasteiger partial charge in [0.2, 0.25) is 5.95 Å². The van der Waals surface area contributed by atoms with E-state index in [1.165, 1.54) is 14.2 Å². The largest absolute Gasteiger partial charge is 0.497 e. The van der Waals surface area contributed by atoms with Crippen LogP contribution in [0, 0.1) is 0 Å². The van der Waals surface area contributed by atoms with E-state index in [1.807, 2.05) is 68.4 Å². The van der Waals surface area contributed by atoms with Gasteiger partial charge in [-0.25, -0.2) is 9.97 Å². The first kappa shape index (κ1) is 32.3. The van der Waals surface area contributed by atoms with Crippen LogP contribution < -0.4 is 20.3 Å². The van der Waals surface area contributed by atoms with Gasteiger partial charge in [0.25, 0.3) is 5.56 Å². The van der Waals surface area contributed by atoms with Gasteiger partial charge in [-0.15, -0.1) is 0 Å². The highest BCUT2D eigenvalue weighted by Gasteiger charge is 2.22. The Kier molecular flexibility index (Phi) is 10.1. The van der Waals surface area contributed by atoms with E-state index in [4.69, 9.17) is 26.1 Å². The Labute approximate surface area is 272 Å². The van der Waals surface area contributed by atoms with Crippen LogP contribution in [-0.2, 0) is 11.2 Å². The summed E-state index contributed by atoms with van der Waals surface area (Å²) in [6.45, 7) is 2.60. The number of nitrogens with one attached hydrogen (secondary N) is 1. The number of allylic oxidation sites excluding steroid dienone is 1. The summed E-state index contributed by atoms with van der Waals surface area (Å²) >= 11 is 6.77. The Balaban J connectivity index is 1.65. The molecule has 0 radical (unpaired) electrons. The SMILES string of the molecule is COc1cc(OC)c(Cl)c(-c2cc3cnc(Nc4ccccn4)nc3n(C(C)c3cccc(CC(=O)/C=C/CN(C)C)c3)c2=O)c1. The summed E-state index contributed by atoms with van der Waals surface area (Å²) in [7, 11) is 6.93. The Bertz CT molecular complexity index is 1960. The third-order valence-electron chi connectivity index (χ3n) is 7.41. The number of rotatable bonds is 12. The molecule has 0 fully saturated rings. The standard InChI is InChI=1S/C35H35ClN6O4/c1-22(24-11-8-10-23(16-24)17-26(43)12-9-15-41(2)3)42-33-25(21-38-35(40-33)39-31-13-6-7-14-37-31)18-29(34(42)44)28-19-27(45-4)20-30(46-5)32(28)36/h6-14,16,18-22H,15,17H2,1-5H3,(H,37,38,39,40)/b12-9+. The number of methoxy groups -OCH3 is 2. The predicted octanol–water partition coefficient (Wildman–Crippen LogP) is 6.11. The lowest BCUT2D eigenvalue weighted by atomic mass is 10.00. The molecule has 2 aromatic carbocycles. The van der Waals surface area contributed by atoms with Gasteiger partial charge in [-0.2, -0.15) is 4.98 Å². The van der Waals surface area contributed by atoms with Crippen LogP contribution in [0.1, 0.15) is 24.1 Å². The van der Waals surface area contributed by atoms with Crippen LogP contribution in [0.2, 0.25) is 5.02 Å². The third-order valence-corrected chi connectivity index (χ3v) is 7.80. The third kappa shape index (κ3) is 7.25. The van der Waals surface area contributed by atoms with Gasteiger partial charge in [0.1, 0.15) is 23.0 Å². The highest BCUT2D eigenvalue weighted by atomic mass is 35.5. The summed E-state index contributed by atoms with van der Waals surface area (Å²) < 4.78 is 12.6. The van der Waals surface area contributed by atoms with E-state index in [-0.39, 0.29) is 28.7 Å². The number of likely N-dealkylation sites (N-methyl/N-ethyl adjacent to an activating group) is 1. The van der Waals surface area contributed by atoms with Crippen LogP contribution in [0.25, 0.3) is 22.2 Å². The molecule has 0 aliphatic heterocycles. The van der Waals surface area contributed by atoms with Crippen LogP contribution in [0.15, 0.2) is 90.0 Å². The fourth-order valence-corrected chi connectivity index (χ4v) is 5.37. The molecular weight excluding hydrogens is 604 g/mol. The van der Waals surface area contributed by atoms with Crippen LogP contribution in [0.4, 0.5) is 11.8 Å². The van der Waals surface area contributed by atoms with Gasteiger partial charge in [0.15, 0.2) is 5.78 Å². The van der Waals surface area contributed by atoms with Crippen molar-refractivity contribution in [1.82, 2.24) is 24.4 Å². The molecule has 0 aliphatic rings. The summed E-state index contributed by atoms with van der Waals surface area (Å²) in [5.74, 6) is 1.70. The zero-order valence-electron chi connectivity index (χ0n) is 26.3. The van der Waals surface area contributed by atoms with Crippen LogP contribution in [-0.4, -0.2) is 65.1 Å². The molecule has 10 nitrogen and oxygen atoms in total. The Morgan fingerprint density at radius 2 is 1.87 bits per heavy atom. The maximum Gasteiger partial charge on any atom is 0.260 e. The van der Waals surface area contributed by atoms with Gasteiger partial charge in [0, 0.05) is 47.9 Å². The minimum Gasteiger partial charge on any atom is -0.497 e. The molecule has 236 valence electrons. The number of carbonyl (C=O) groups excluding carboxylic acids is 1. The van der Waals surface area contributed by atoms with E-state index < -0.39 is 6.04 Å². The number of pyridine rings is 2. The fraction of sp³-hybridized carbons (Fsp3) is 0.229. The molecule has 1 N–H and O–H groups in total. The maximum atomic E-state index is 14.5. The Morgan fingerprint density at radius 1 is 1.04 bits per heavy atom. The van der Waals surface area contributed by atoms with Crippen molar-refractivity contribution in [2.75, 3.05) is 40.2 Å². The predicted molar refractivity (Wildman–Crippen MR) is 182 cm³/mol. The molecule has 5 aromatic rings. The molecule has 11 heteroatoms. The molecular formula is C35H35ClN6O4. The molecule has 0 spiro atoms. The van der Waals surface area contributed by atoms with Crippen molar-refractivity contribution in [3.8, 4) is 22.6 Å². The summed E-state index contributed by atoms with van der Waals surface area (Å²) in [5.41, 5.74) is 2.53. The molecule has 0 saturated carbocycles. The van der Waals surface area contributed by atoms with Crippen LogP contribution in [0.3, 0.4) is 0 Å². The average Bonchev–Trinajstić information content (AvgIpc) is 3.05. The number of ketones is 1. The number of aromatic nitrogens is 4. The summed E-state index contributed by atoms with van der Waals surface area (Å²) in [4.78, 5) is 42.8. The average molecular weight is 639 g/mol. The van der Waals surface area contributed by atoms with Crippen molar-refractivity contribution in [2.45, 2.75) is 19.4 Å². The van der Waals surface area contributed by atoms with E-state index >= 15 is 0 Å². The van der Waals surface area contributed by atoms with E-state index in [9.17, 15) is 9.59 Å². The van der Waals surface area contributed by atoms with Gasteiger partial charge in [-0.1, -0.05) is 48.0 Å². The van der Waals surface area contributed by atoms with Gasteiger partial charge in [0.05, 0.1) is 25.3 Å². The first-order chi connectivity index (χ1) is 22.2. The van der Waals surface area contributed by atoms with Gasteiger partial charge < -0.3 is 19.7 Å². The molecule has 3 heterocycles. The van der Waals surface area contributed by atoms with Crippen molar-refractivity contribution >= 4 is 40.2 Å². The Hall–Kier alpha value is -5.06. The molecule has 46 heavy (non-hydrogen) atoms. The minimum absolute atomic E-state index is 0.00383. The van der Waals surface area contributed by atoms with Crippen molar-refractivity contribution in [2.24, 2.45) is 0 Å². The van der Waals surface area contributed by atoms with E-state index in [0.29, 0.717) is 46.0 Å². The van der Waals surface area contributed by atoms with Gasteiger partial charge in [-0.3, -0.25) is 14.2 Å². The molecule has 1 atom stereocenters. The lowest BCUT2D eigenvalue weighted by molar-refractivity contribution is -0.114. The zero-order chi connectivity index (χ0) is 32.8. The molecule has 1 unspecified atom stereocenters. The summed E-state index contributed by atoms with van der Waals surface area (Å²) in [5, 5.41) is 4.00. The molecule has 5 rings (SSSR count). The first-order valence-electron chi connectivity index (χ1n) is 14.6. The van der Waals surface area contributed by atoms with Crippen molar-refractivity contribution in [1.29, 1.82) is 0 Å². The smallest absolute Gasteiger partial charge is 0.260 e. The van der Waals surface area contributed by atoms with Gasteiger partial charge in [-0.05, 0) is 62.5 Å². The van der Waals surface area contributed by atoms with Crippen molar-refractivity contribution < 1.29 is 14.3 Å². The monoisotopic (exact) mass is 638 g/mol. The molecule has 0 aliphatic carbocycles. The minimum atomic E-state index is -0.488. The molecule has 0 saturated heterocycles. The van der Waals surface area contributed by atoms with E-state index in [1.54, 1.807) is 47.3 Å². The number of fused-ring (bicyclic) bond motifs is 1. The Morgan fingerprint density at radius 3 is 2.59 bits per heavy atom. The van der Waals surface area contributed by atoms with Crippen LogP contribution in [0.5, 0.6) is 11.5 Å². The summed E-state index contributed by atoms with van der Waals surface area (Å²) in [6, 6.07) is 17.7. The fourth-order valence-electron chi connectivity index (χ4n) is 5.09. The molecule has 0 bridgehead atoms. The number of anilines is 2. The highest BCUT2D eigenvalue weighted by Crippen LogP contribution is 2.39. The maximum absolute atomic E-state index is 14.5. The number of benzene rings is 2. The van der Waals surface area contributed by atoms with Crippen LogP contribution >= 0.6 is 11.6 Å². The quantitative estimate of drug-likeness (QED) is 0.162. The topological polar surface area (TPSA) is 111 Å². The first-order valence-corrected chi connectivity index (χ1v) is 15.0. The second kappa shape index (κ2) is 14.4. The second-order valence-corrected chi connectivity index (χ2v) is 11.3. The van der Waals surface area contributed by atoms with Gasteiger partial charge >= 0.3 is 0 Å². The zero-order valence-corrected chi connectivity index (χ0v) is 27.1. The second-order valence-electron chi connectivity index (χ2n) is 11.0. The number of hydrogen-bond donors (Lipinski definition) is 1. The molecule has 3 aromatic heterocycles. The van der Waals surface area contributed by atoms with Crippen molar-refractivity contribution in [3.05, 3.63) is 112 Å². The summed E-state index contributed by atoms with van der Waals surface area (Å²) in [6.07, 6.45) is 7.01. The number of carbonyl (C=O) groups is 1. The van der Waals surface area contributed by atoms with Crippen molar-refractivity contribution in [3.63, 3.8) is 0 Å². The lowest BCUT2D eigenvalue weighted by Crippen LogP contribution is -2.27. The normalized spacial score (nSPS) is 12.1. The number of nitrogens with zero attached hydrogens (tertiary/aromatic N) is 5. The molecule has 0 amide bonds. The van der Waals surface area contributed by atoms with E-state index in [2.05, 4.69) is 15.3 Å².